The van der Waals surface area contributed by atoms with Crippen molar-refractivity contribution in [2.24, 2.45) is 4.99 Å². The molecular weight excluding hydrogens is 372 g/mol. The number of hydrogen-bond donors (Lipinski definition) is 2. The average Bonchev–Trinajstić information content (AvgIpc) is 2.87. The highest BCUT2D eigenvalue weighted by atomic mass is 32.2. The van der Waals surface area contributed by atoms with E-state index < -0.39 is 26.9 Å². The van der Waals surface area contributed by atoms with E-state index in [9.17, 15) is 23.3 Å². The van der Waals surface area contributed by atoms with Gasteiger partial charge in [-0.3, -0.25) is 24.6 Å². The Morgan fingerprint density at radius 1 is 1.26 bits per heavy atom. The molecule has 0 fully saturated rings. The van der Waals surface area contributed by atoms with Crippen molar-refractivity contribution in [3.63, 3.8) is 0 Å². The van der Waals surface area contributed by atoms with Gasteiger partial charge in [0.2, 0.25) is 5.91 Å². The molecule has 3 rings (SSSR count). The van der Waals surface area contributed by atoms with E-state index in [1.54, 1.807) is 31.2 Å². The molecule has 1 atom stereocenters. The molecule has 1 amide bonds. The van der Waals surface area contributed by atoms with Gasteiger partial charge in [0.25, 0.3) is 15.7 Å². The van der Waals surface area contributed by atoms with Crippen LogP contribution in [0.2, 0.25) is 0 Å². The van der Waals surface area contributed by atoms with Crippen LogP contribution >= 0.6 is 0 Å². The summed E-state index contributed by atoms with van der Waals surface area (Å²) in [6, 6.07) is 9.75. The van der Waals surface area contributed by atoms with Gasteiger partial charge in [-0.1, -0.05) is 18.2 Å². The number of aryl methyl sites for hydroxylation is 1. The van der Waals surface area contributed by atoms with E-state index in [0.29, 0.717) is 11.1 Å². The minimum absolute atomic E-state index is 0.0862. The van der Waals surface area contributed by atoms with Crippen molar-refractivity contribution < 1.29 is 18.1 Å². The smallest absolute Gasteiger partial charge is 0.274 e. The number of carbonyl (C=O) groups excluding carboxylic acids is 1. The SMILES string of the molecule is Cc1ccc(NC(=O)[C@H](C)N=C2NS(=O)(=O)c3ccccc32)cc1[N+](=O)[O-]. The molecule has 140 valence electrons. The zero-order valence-corrected chi connectivity index (χ0v) is 15.3. The predicted octanol–water partition coefficient (Wildman–Crippen LogP) is 1.97. The first-order chi connectivity index (χ1) is 12.7. The van der Waals surface area contributed by atoms with Crippen molar-refractivity contribution in [3.05, 3.63) is 63.7 Å². The number of hydrogen-bond acceptors (Lipinski definition) is 6. The molecule has 2 N–H and O–H groups in total. The van der Waals surface area contributed by atoms with Crippen LogP contribution in [0.4, 0.5) is 11.4 Å². The van der Waals surface area contributed by atoms with Gasteiger partial charge in [0.15, 0.2) is 0 Å². The molecule has 2 aromatic rings. The van der Waals surface area contributed by atoms with Gasteiger partial charge in [-0.05, 0) is 32.0 Å². The van der Waals surface area contributed by atoms with Crippen molar-refractivity contribution in [3.8, 4) is 0 Å². The fraction of sp³-hybridized carbons (Fsp3) is 0.176. The molecule has 1 aliphatic rings. The number of aliphatic imine (C=N–C) groups is 1. The number of nitrogens with one attached hydrogen (secondary N) is 2. The number of anilines is 1. The Balaban J connectivity index is 1.82. The molecular formula is C17H16N4O5S. The minimum Gasteiger partial charge on any atom is -0.324 e. The van der Waals surface area contributed by atoms with E-state index in [-0.39, 0.29) is 22.1 Å². The highest BCUT2D eigenvalue weighted by molar-refractivity contribution is 7.90. The molecule has 0 aliphatic carbocycles. The van der Waals surface area contributed by atoms with Crippen LogP contribution in [0.25, 0.3) is 0 Å². The summed E-state index contributed by atoms with van der Waals surface area (Å²) in [7, 11) is -3.69. The number of amides is 1. The number of fused-ring (bicyclic) bond motifs is 1. The fourth-order valence-corrected chi connectivity index (χ4v) is 3.85. The maximum absolute atomic E-state index is 12.4. The number of carbonyl (C=O) groups is 1. The fourth-order valence-electron chi connectivity index (χ4n) is 2.61. The lowest BCUT2D eigenvalue weighted by atomic mass is 10.1. The summed E-state index contributed by atoms with van der Waals surface area (Å²) in [6.07, 6.45) is 0. The third-order valence-electron chi connectivity index (χ3n) is 4.04. The van der Waals surface area contributed by atoms with Gasteiger partial charge in [0, 0.05) is 22.9 Å². The van der Waals surface area contributed by atoms with Crippen LogP contribution in [-0.2, 0) is 14.8 Å². The Morgan fingerprint density at radius 2 is 1.96 bits per heavy atom. The van der Waals surface area contributed by atoms with Crippen molar-refractivity contribution >= 4 is 33.1 Å². The summed E-state index contributed by atoms with van der Waals surface area (Å²) in [5, 5.41) is 13.6. The number of sulfonamides is 1. The lowest BCUT2D eigenvalue weighted by molar-refractivity contribution is -0.385. The van der Waals surface area contributed by atoms with Crippen LogP contribution in [0.5, 0.6) is 0 Å². The van der Waals surface area contributed by atoms with Crippen LogP contribution in [0.15, 0.2) is 52.4 Å². The Kier molecular flexibility index (Phi) is 4.66. The average molecular weight is 388 g/mol. The molecule has 0 radical (unpaired) electrons. The Labute approximate surface area is 155 Å². The first-order valence-corrected chi connectivity index (χ1v) is 9.43. The molecule has 0 saturated carbocycles. The monoisotopic (exact) mass is 388 g/mol. The van der Waals surface area contributed by atoms with E-state index >= 15 is 0 Å². The molecule has 9 nitrogen and oxygen atoms in total. The van der Waals surface area contributed by atoms with Crippen molar-refractivity contribution in [2.45, 2.75) is 24.8 Å². The highest BCUT2D eigenvalue weighted by Crippen LogP contribution is 2.24. The number of rotatable bonds is 4. The maximum Gasteiger partial charge on any atom is 0.274 e. The predicted molar refractivity (Wildman–Crippen MR) is 99.2 cm³/mol. The number of nitrogens with zero attached hydrogens (tertiary/aromatic N) is 2. The second-order valence-electron chi connectivity index (χ2n) is 6.00. The number of nitro benzene ring substituents is 1. The third kappa shape index (κ3) is 3.65. The second-order valence-corrected chi connectivity index (χ2v) is 7.65. The summed E-state index contributed by atoms with van der Waals surface area (Å²) in [6.45, 7) is 3.10. The summed E-state index contributed by atoms with van der Waals surface area (Å²) in [4.78, 5) is 27.1. The van der Waals surface area contributed by atoms with Crippen molar-refractivity contribution in [1.82, 2.24) is 4.72 Å². The zero-order valence-electron chi connectivity index (χ0n) is 14.5. The Morgan fingerprint density at radius 3 is 2.67 bits per heavy atom. The van der Waals surface area contributed by atoms with Gasteiger partial charge < -0.3 is 5.32 Å². The number of nitro groups is 1. The van der Waals surface area contributed by atoms with Gasteiger partial charge in [0.05, 0.1) is 9.82 Å². The third-order valence-corrected chi connectivity index (χ3v) is 5.44. The summed E-state index contributed by atoms with van der Waals surface area (Å²) in [5.41, 5.74) is 1.02. The van der Waals surface area contributed by atoms with E-state index in [0.717, 1.165) is 0 Å². The quantitative estimate of drug-likeness (QED) is 0.611. The lowest BCUT2D eigenvalue weighted by Gasteiger charge is -2.10. The van der Waals surface area contributed by atoms with Gasteiger partial charge in [-0.25, -0.2) is 8.42 Å². The van der Waals surface area contributed by atoms with Crippen LogP contribution < -0.4 is 10.0 Å². The van der Waals surface area contributed by atoms with Crippen LogP contribution in [-0.4, -0.2) is 31.1 Å². The molecule has 27 heavy (non-hydrogen) atoms. The maximum atomic E-state index is 12.4. The molecule has 1 aliphatic heterocycles. The molecule has 0 unspecified atom stereocenters. The Hall–Kier alpha value is -3.27. The normalized spacial score (nSPS) is 17.0. The summed E-state index contributed by atoms with van der Waals surface area (Å²) in [5.74, 6) is -0.438. The van der Waals surface area contributed by atoms with Crippen molar-refractivity contribution in [2.75, 3.05) is 5.32 Å². The van der Waals surface area contributed by atoms with Crippen LogP contribution in [0.1, 0.15) is 18.1 Å². The molecule has 10 heteroatoms. The molecule has 2 aromatic carbocycles. The standard InChI is InChI=1S/C17H16N4O5S/c1-10-7-8-12(9-14(10)21(23)24)19-17(22)11(2)18-16-13-5-3-4-6-15(13)27(25,26)20-16/h3-9,11H,1-2H3,(H,18,20)(H,19,22)/t11-/m0/s1. The topological polar surface area (TPSA) is 131 Å². The molecule has 0 aromatic heterocycles. The van der Waals surface area contributed by atoms with Gasteiger partial charge in [-0.2, -0.15) is 0 Å². The molecule has 0 saturated heterocycles. The molecule has 0 spiro atoms. The first kappa shape index (κ1) is 18.5. The van der Waals surface area contributed by atoms with Gasteiger partial charge in [-0.15, -0.1) is 0 Å². The minimum atomic E-state index is -3.69. The molecule has 0 bridgehead atoms. The lowest BCUT2D eigenvalue weighted by Crippen LogP contribution is -2.28. The van der Waals surface area contributed by atoms with E-state index in [1.807, 2.05) is 0 Å². The summed E-state index contributed by atoms with van der Waals surface area (Å²) >= 11 is 0. The summed E-state index contributed by atoms with van der Waals surface area (Å²) < 4.78 is 26.5. The van der Waals surface area contributed by atoms with Gasteiger partial charge in [0.1, 0.15) is 11.9 Å². The first-order valence-electron chi connectivity index (χ1n) is 7.95. The van der Waals surface area contributed by atoms with E-state index in [4.69, 9.17) is 0 Å². The van der Waals surface area contributed by atoms with Crippen LogP contribution in [0, 0.1) is 17.0 Å². The number of benzene rings is 2. The van der Waals surface area contributed by atoms with Gasteiger partial charge >= 0.3 is 0 Å². The number of amidine groups is 1. The van der Waals surface area contributed by atoms with Crippen molar-refractivity contribution in [1.29, 1.82) is 0 Å². The van der Waals surface area contributed by atoms with Crippen LogP contribution in [0.3, 0.4) is 0 Å². The van der Waals surface area contributed by atoms with E-state index in [2.05, 4.69) is 15.0 Å². The highest BCUT2D eigenvalue weighted by Gasteiger charge is 2.31. The van der Waals surface area contributed by atoms with E-state index in [1.165, 1.54) is 25.1 Å². The molecule has 1 heterocycles. The second kappa shape index (κ2) is 6.80. The zero-order chi connectivity index (χ0) is 19.8. The largest absolute Gasteiger partial charge is 0.324 e. The Bertz CT molecular complexity index is 1080.